The smallest absolute Gasteiger partial charge is 0.346 e. The van der Waals surface area contributed by atoms with Crippen LogP contribution in [-0.2, 0) is 9.59 Å². The molecule has 0 fully saturated rings. The maximum atomic E-state index is 11.7. The lowest BCUT2D eigenvalue weighted by Gasteiger charge is -2.35. The third kappa shape index (κ3) is 8.16. The van der Waals surface area contributed by atoms with Crippen molar-refractivity contribution in [2.24, 2.45) is 0 Å². The summed E-state index contributed by atoms with van der Waals surface area (Å²) in [5.41, 5.74) is 2.44. The fraction of sp³-hybridized carbons (Fsp3) is 0.290. The number of rotatable bonds is 14. The molecule has 1 heterocycles. The van der Waals surface area contributed by atoms with E-state index in [1.54, 1.807) is 6.07 Å². The molecule has 3 aromatic rings. The monoisotopic (exact) mass is 565 g/mol. The third-order valence-corrected chi connectivity index (χ3v) is 6.66. The molecule has 1 aliphatic rings. The summed E-state index contributed by atoms with van der Waals surface area (Å²) in [5, 5.41) is 19.2. The van der Waals surface area contributed by atoms with Crippen LogP contribution in [-0.4, -0.2) is 54.6 Å². The summed E-state index contributed by atoms with van der Waals surface area (Å²) in [6, 6.07) is 20.7. The third-order valence-electron chi connectivity index (χ3n) is 6.34. The molecule has 0 radical (unpaired) electrons. The number of ether oxygens (including phenoxy) is 3. The SMILES string of the molecule is O=C(O)CCCN1CC(C(=O)O)Oc2c(/C=C/c3ccc(OCCCCOc4ccccc4Cl)cc3)cccc21. The van der Waals surface area contributed by atoms with Crippen molar-refractivity contribution in [3.8, 4) is 17.2 Å². The van der Waals surface area contributed by atoms with Crippen molar-refractivity contribution in [3.05, 3.63) is 82.9 Å². The molecule has 0 spiro atoms. The van der Waals surface area contributed by atoms with Crippen LogP contribution >= 0.6 is 11.6 Å². The van der Waals surface area contributed by atoms with Crippen LogP contribution in [0.5, 0.6) is 17.2 Å². The van der Waals surface area contributed by atoms with E-state index < -0.39 is 18.0 Å². The van der Waals surface area contributed by atoms with E-state index in [0.29, 0.717) is 42.7 Å². The molecule has 9 heteroatoms. The number of para-hydroxylation sites is 2. The lowest BCUT2D eigenvalue weighted by Crippen LogP contribution is -2.45. The van der Waals surface area contributed by atoms with Gasteiger partial charge < -0.3 is 29.3 Å². The molecule has 0 aromatic heterocycles. The molecule has 40 heavy (non-hydrogen) atoms. The number of aliphatic carboxylic acids is 2. The first-order valence-corrected chi connectivity index (χ1v) is 13.6. The van der Waals surface area contributed by atoms with Crippen molar-refractivity contribution >= 4 is 41.4 Å². The predicted molar refractivity (Wildman–Crippen MR) is 155 cm³/mol. The maximum absolute atomic E-state index is 11.7. The second-order valence-corrected chi connectivity index (χ2v) is 9.73. The summed E-state index contributed by atoms with van der Waals surface area (Å²) in [6.07, 6.45) is 4.88. The number of carboxylic acids is 2. The van der Waals surface area contributed by atoms with Crippen LogP contribution < -0.4 is 19.1 Å². The standard InChI is InChI=1S/C31H32ClNO7/c32-25-8-1-2-10-27(25)39-20-4-3-19-38-24-16-13-22(14-17-24)12-15-23-7-5-9-26-30(23)40-28(31(36)37)21-33(26)18-6-11-29(34)35/h1-2,5,7-10,12-17,28H,3-4,6,11,18-21H2,(H,34,35)(H,36,37)/b15-12+. The van der Waals surface area contributed by atoms with Crippen LogP contribution in [0, 0.1) is 0 Å². The van der Waals surface area contributed by atoms with Crippen LogP contribution in [0.4, 0.5) is 5.69 Å². The van der Waals surface area contributed by atoms with Gasteiger partial charge in [0.15, 0.2) is 5.75 Å². The zero-order valence-corrected chi connectivity index (χ0v) is 22.8. The number of fused-ring (bicyclic) bond motifs is 1. The normalized spacial score (nSPS) is 14.4. The molecule has 1 aliphatic heterocycles. The van der Waals surface area contributed by atoms with Gasteiger partial charge in [-0.1, -0.05) is 60.2 Å². The zero-order chi connectivity index (χ0) is 28.3. The van der Waals surface area contributed by atoms with E-state index in [9.17, 15) is 14.7 Å². The number of unbranched alkanes of at least 4 members (excludes halogenated alkanes) is 1. The van der Waals surface area contributed by atoms with E-state index in [-0.39, 0.29) is 13.0 Å². The quantitative estimate of drug-likeness (QED) is 0.174. The second kappa shape index (κ2) is 14.3. The Bertz CT molecular complexity index is 1330. The van der Waals surface area contributed by atoms with Crippen LogP contribution in [0.25, 0.3) is 12.2 Å². The number of benzene rings is 3. The van der Waals surface area contributed by atoms with Crippen molar-refractivity contribution in [3.63, 3.8) is 0 Å². The number of hydrogen-bond acceptors (Lipinski definition) is 6. The summed E-state index contributed by atoms with van der Waals surface area (Å²) in [5.74, 6) is -0.00454. The lowest BCUT2D eigenvalue weighted by molar-refractivity contribution is -0.145. The first kappa shape index (κ1) is 28.8. The highest BCUT2D eigenvalue weighted by atomic mass is 35.5. The summed E-state index contributed by atoms with van der Waals surface area (Å²) in [7, 11) is 0. The highest BCUT2D eigenvalue weighted by Gasteiger charge is 2.31. The van der Waals surface area contributed by atoms with Gasteiger partial charge in [-0.15, -0.1) is 0 Å². The molecule has 0 aliphatic carbocycles. The van der Waals surface area contributed by atoms with Gasteiger partial charge in [0.05, 0.1) is 30.5 Å². The topological polar surface area (TPSA) is 106 Å². The van der Waals surface area contributed by atoms with Gasteiger partial charge in [0.2, 0.25) is 6.10 Å². The highest BCUT2D eigenvalue weighted by molar-refractivity contribution is 6.32. The Morgan fingerprint density at radius 3 is 2.40 bits per heavy atom. The van der Waals surface area contributed by atoms with Gasteiger partial charge in [0.25, 0.3) is 0 Å². The number of hydrogen-bond donors (Lipinski definition) is 2. The molecule has 0 bridgehead atoms. The lowest BCUT2D eigenvalue weighted by atomic mass is 10.1. The summed E-state index contributed by atoms with van der Waals surface area (Å²) >= 11 is 6.09. The fourth-order valence-corrected chi connectivity index (χ4v) is 4.48. The van der Waals surface area contributed by atoms with E-state index in [1.165, 1.54) is 0 Å². The van der Waals surface area contributed by atoms with Crippen molar-refractivity contribution in [1.29, 1.82) is 0 Å². The van der Waals surface area contributed by atoms with Gasteiger partial charge in [0.1, 0.15) is 11.5 Å². The molecule has 0 saturated carbocycles. The minimum absolute atomic E-state index is 0.0156. The Kier molecular flexibility index (Phi) is 10.3. The highest BCUT2D eigenvalue weighted by Crippen LogP contribution is 2.38. The number of carbonyl (C=O) groups is 2. The second-order valence-electron chi connectivity index (χ2n) is 9.32. The fourth-order valence-electron chi connectivity index (χ4n) is 4.29. The average Bonchev–Trinajstić information content (AvgIpc) is 2.95. The molecule has 2 N–H and O–H groups in total. The van der Waals surface area contributed by atoms with Crippen molar-refractivity contribution in [1.82, 2.24) is 0 Å². The minimum Gasteiger partial charge on any atom is -0.494 e. The number of anilines is 1. The van der Waals surface area contributed by atoms with Gasteiger partial charge in [0, 0.05) is 18.5 Å². The molecule has 1 atom stereocenters. The molecule has 4 rings (SSSR count). The summed E-state index contributed by atoms with van der Waals surface area (Å²) < 4.78 is 17.4. The molecule has 0 amide bonds. The van der Waals surface area contributed by atoms with Crippen molar-refractivity contribution in [2.45, 2.75) is 31.8 Å². The van der Waals surface area contributed by atoms with Crippen molar-refractivity contribution < 1.29 is 34.0 Å². The molecular weight excluding hydrogens is 534 g/mol. The van der Waals surface area contributed by atoms with Crippen molar-refractivity contribution in [2.75, 3.05) is 31.2 Å². The molecule has 1 unspecified atom stereocenters. The summed E-state index contributed by atoms with van der Waals surface area (Å²) in [6.45, 7) is 1.72. The van der Waals surface area contributed by atoms with Crippen LogP contribution in [0.3, 0.4) is 0 Å². The molecule has 8 nitrogen and oxygen atoms in total. The largest absolute Gasteiger partial charge is 0.494 e. The van der Waals surface area contributed by atoms with Crippen LogP contribution in [0.15, 0.2) is 66.7 Å². The van der Waals surface area contributed by atoms with E-state index >= 15 is 0 Å². The Labute approximate surface area is 238 Å². The van der Waals surface area contributed by atoms with E-state index in [0.717, 1.165) is 35.4 Å². The predicted octanol–water partition coefficient (Wildman–Crippen LogP) is 6.27. The maximum Gasteiger partial charge on any atom is 0.346 e. The first-order chi connectivity index (χ1) is 19.4. The van der Waals surface area contributed by atoms with Crippen LogP contribution in [0.1, 0.15) is 36.8 Å². The Morgan fingerprint density at radius 2 is 1.68 bits per heavy atom. The van der Waals surface area contributed by atoms with Crippen LogP contribution in [0.2, 0.25) is 5.02 Å². The molecule has 3 aromatic carbocycles. The number of carboxylic acid groups (broad SMARTS) is 2. The minimum atomic E-state index is -1.06. The molecule has 210 valence electrons. The van der Waals surface area contributed by atoms with E-state index in [2.05, 4.69) is 0 Å². The van der Waals surface area contributed by atoms with E-state index in [1.807, 2.05) is 77.7 Å². The Hall–Kier alpha value is -4.17. The average molecular weight is 566 g/mol. The number of halogens is 1. The number of nitrogens with zero attached hydrogens (tertiary/aromatic N) is 1. The molecular formula is C31H32ClNO7. The van der Waals surface area contributed by atoms with Gasteiger partial charge >= 0.3 is 11.9 Å². The van der Waals surface area contributed by atoms with E-state index in [4.69, 9.17) is 30.9 Å². The van der Waals surface area contributed by atoms with Gasteiger partial charge in [-0.25, -0.2) is 4.79 Å². The first-order valence-electron chi connectivity index (χ1n) is 13.2. The summed E-state index contributed by atoms with van der Waals surface area (Å²) in [4.78, 5) is 24.5. The Balaban J connectivity index is 1.31. The van der Waals surface area contributed by atoms with Gasteiger partial charge in [-0.05, 0) is 55.2 Å². The zero-order valence-electron chi connectivity index (χ0n) is 22.0. The van der Waals surface area contributed by atoms with Gasteiger partial charge in [-0.3, -0.25) is 4.79 Å². The Morgan fingerprint density at radius 1 is 0.925 bits per heavy atom. The van der Waals surface area contributed by atoms with Gasteiger partial charge in [-0.2, -0.15) is 0 Å². The molecule has 0 saturated heterocycles.